The lowest BCUT2D eigenvalue weighted by molar-refractivity contribution is -0.384. The average Bonchev–Trinajstić information content (AvgIpc) is 3.39. The number of anilines is 1. The summed E-state index contributed by atoms with van der Waals surface area (Å²) in [6.07, 6.45) is 0. The standard InChI is InChI=1S/C19H15N3O5S2/c1-11-4-5-12(22(26)27)9-14(11)21-19(25)18(24)20-10-13-6-7-16(29-13)17(23)15-3-2-8-28-15/h2-9H,10H2,1H3,(H,20,24)(H,21,25). The first kappa shape index (κ1) is 20.4. The Morgan fingerprint density at radius 2 is 1.86 bits per heavy atom. The highest BCUT2D eigenvalue weighted by Gasteiger charge is 2.18. The third-order valence-corrected chi connectivity index (χ3v) is 5.89. The third kappa shape index (κ3) is 4.92. The molecule has 3 rings (SSSR count). The number of carbonyl (C=O) groups excluding carboxylic acids is 3. The van der Waals surface area contributed by atoms with Gasteiger partial charge in [0.2, 0.25) is 5.78 Å². The summed E-state index contributed by atoms with van der Waals surface area (Å²) < 4.78 is 0. The van der Waals surface area contributed by atoms with Crippen molar-refractivity contribution in [2.75, 3.05) is 5.32 Å². The molecule has 29 heavy (non-hydrogen) atoms. The van der Waals surface area contributed by atoms with Crippen LogP contribution in [-0.4, -0.2) is 22.5 Å². The van der Waals surface area contributed by atoms with Crippen LogP contribution in [0, 0.1) is 17.0 Å². The van der Waals surface area contributed by atoms with E-state index in [2.05, 4.69) is 10.6 Å². The lowest BCUT2D eigenvalue weighted by Crippen LogP contribution is -2.34. The maximum absolute atomic E-state index is 12.3. The Balaban J connectivity index is 1.58. The Kier molecular flexibility index (Phi) is 6.15. The minimum absolute atomic E-state index is 0.0820. The predicted molar refractivity (Wildman–Crippen MR) is 110 cm³/mol. The number of hydrogen-bond acceptors (Lipinski definition) is 7. The minimum atomic E-state index is -0.931. The Hall–Kier alpha value is -3.37. The van der Waals surface area contributed by atoms with Crippen molar-refractivity contribution < 1.29 is 19.3 Å². The highest BCUT2D eigenvalue weighted by Crippen LogP contribution is 2.23. The zero-order chi connectivity index (χ0) is 21.0. The number of hydrogen-bond donors (Lipinski definition) is 2. The van der Waals surface area contributed by atoms with Gasteiger partial charge in [0.15, 0.2) is 0 Å². The topological polar surface area (TPSA) is 118 Å². The molecule has 0 atom stereocenters. The Morgan fingerprint density at radius 3 is 2.55 bits per heavy atom. The minimum Gasteiger partial charge on any atom is -0.343 e. The van der Waals surface area contributed by atoms with Gasteiger partial charge in [-0.05, 0) is 36.1 Å². The van der Waals surface area contributed by atoms with Crippen LogP contribution in [0.4, 0.5) is 11.4 Å². The lowest BCUT2D eigenvalue weighted by atomic mass is 10.2. The number of amides is 2. The summed E-state index contributed by atoms with van der Waals surface area (Å²) in [6, 6.07) is 10.9. The molecule has 1 aromatic carbocycles. The molecule has 0 radical (unpaired) electrons. The van der Waals surface area contributed by atoms with Crippen molar-refractivity contribution in [3.05, 3.63) is 78.2 Å². The van der Waals surface area contributed by atoms with Gasteiger partial charge in [-0.2, -0.15) is 0 Å². The van der Waals surface area contributed by atoms with Crippen molar-refractivity contribution in [1.29, 1.82) is 0 Å². The van der Waals surface area contributed by atoms with Gasteiger partial charge in [0.1, 0.15) is 0 Å². The molecular formula is C19H15N3O5S2. The van der Waals surface area contributed by atoms with Gasteiger partial charge in [0, 0.05) is 17.0 Å². The van der Waals surface area contributed by atoms with Gasteiger partial charge in [-0.3, -0.25) is 24.5 Å². The molecule has 0 spiro atoms. The number of nitrogens with one attached hydrogen (secondary N) is 2. The van der Waals surface area contributed by atoms with Crippen LogP contribution in [0.3, 0.4) is 0 Å². The summed E-state index contributed by atoms with van der Waals surface area (Å²) in [5.74, 6) is -1.89. The zero-order valence-corrected chi connectivity index (χ0v) is 16.8. The fraction of sp³-hybridized carbons (Fsp3) is 0.105. The number of thiophene rings is 2. The van der Waals surface area contributed by atoms with Crippen molar-refractivity contribution in [1.82, 2.24) is 5.32 Å². The van der Waals surface area contributed by atoms with E-state index >= 15 is 0 Å². The predicted octanol–water partition coefficient (Wildman–Crippen LogP) is 3.51. The van der Waals surface area contributed by atoms with E-state index in [-0.39, 0.29) is 23.7 Å². The number of nitrogens with zero attached hydrogens (tertiary/aromatic N) is 1. The van der Waals surface area contributed by atoms with Crippen LogP contribution in [0.1, 0.15) is 25.0 Å². The normalized spacial score (nSPS) is 10.4. The second kappa shape index (κ2) is 8.76. The maximum Gasteiger partial charge on any atom is 0.313 e. The second-order valence-electron chi connectivity index (χ2n) is 5.97. The molecule has 2 N–H and O–H groups in total. The first-order valence-electron chi connectivity index (χ1n) is 8.36. The number of ketones is 1. The van der Waals surface area contributed by atoms with E-state index in [0.29, 0.717) is 15.3 Å². The number of benzene rings is 1. The fourth-order valence-corrected chi connectivity index (χ4v) is 4.05. The molecule has 0 aliphatic rings. The molecular weight excluding hydrogens is 414 g/mol. The highest BCUT2D eigenvalue weighted by molar-refractivity contribution is 7.16. The van der Waals surface area contributed by atoms with Crippen LogP contribution in [0.25, 0.3) is 0 Å². The highest BCUT2D eigenvalue weighted by atomic mass is 32.1. The Bertz CT molecular complexity index is 1090. The van der Waals surface area contributed by atoms with E-state index in [4.69, 9.17) is 0 Å². The maximum atomic E-state index is 12.3. The van der Waals surface area contributed by atoms with E-state index in [9.17, 15) is 24.5 Å². The first-order chi connectivity index (χ1) is 13.8. The SMILES string of the molecule is Cc1ccc([N+](=O)[O-])cc1NC(=O)C(=O)NCc1ccc(C(=O)c2cccs2)s1. The van der Waals surface area contributed by atoms with Gasteiger partial charge in [0.25, 0.3) is 5.69 Å². The van der Waals surface area contributed by atoms with Crippen molar-refractivity contribution in [3.8, 4) is 0 Å². The molecule has 2 aromatic heterocycles. The molecule has 148 valence electrons. The van der Waals surface area contributed by atoms with Crippen LogP contribution < -0.4 is 10.6 Å². The summed E-state index contributed by atoms with van der Waals surface area (Å²) in [5.41, 5.74) is 0.596. The van der Waals surface area contributed by atoms with E-state index in [1.807, 2.05) is 5.38 Å². The molecule has 8 nitrogen and oxygen atoms in total. The largest absolute Gasteiger partial charge is 0.343 e. The van der Waals surface area contributed by atoms with Crippen LogP contribution in [-0.2, 0) is 16.1 Å². The third-order valence-electron chi connectivity index (χ3n) is 3.94. The molecule has 2 heterocycles. The molecule has 10 heteroatoms. The van der Waals surface area contributed by atoms with E-state index in [1.54, 1.807) is 31.2 Å². The number of nitro benzene ring substituents is 1. The first-order valence-corrected chi connectivity index (χ1v) is 10.1. The molecule has 3 aromatic rings. The van der Waals surface area contributed by atoms with E-state index in [1.165, 1.54) is 40.9 Å². The number of nitro groups is 1. The quantitative estimate of drug-likeness (QED) is 0.269. The van der Waals surface area contributed by atoms with Crippen molar-refractivity contribution in [3.63, 3.8) is 0 Å². The fourth-order valence-electron chi connectivity index (χ4n) is 2.41. The average molecular weight is 429 g/mol. The summed E-state index contributed by atoms with van der Waals surface area (Å²) >= 11 is 2.59. The summed E-state index contributed by atoms with van der Waals surface area (Å²) in [5, 5.41) is 17.5. The van der Waals surface area contributed by atoms with Gasteiger partial charge in [-0.15, -0.1) is 22.7 Å². The van der Waals surface area contributed by atoms with E-state index in [0.717, 1.165) is 4.88 Å². The second-order valence-corrected chi connectivity index (χ2v) is 8.08. The molecule has 0 unspecified atom stereocenters. The van der Waals surface area contributed by atoms with Crippen molar-refractivity contribution in [2.24, 2.45) is 0 Å². The van der Waals surface area contributed by atoms with E-state index < -0.39 is 16.7 Å². The summed E-state index contributed by atoms with van der Waals surface area (Å²) in [4.78, 5) is 48.6. The molecule has 0 aliphatic heterocycles. The smallest absolute Gasteiger partial charge is 0.313 e. The summed E-state index contributed by atoms with van der Waals surface area (Å²) in [7, 11) is 0. The van der Waals surface area contributed by atoms with Gasteiger partial charge in [0.05, 0.1) is 26.9 Å². The van der Waals surface area contributed by atoms with Gasteiger partial charge < -0.3 is 10.6 Å². The number of aryl methyl sites for hydroxylation is 1. The molecule has 0 saturated carbocycles. The van der Waals surface area contributed by atoms with Gasteiger partial charge in [-0.1, -0.05) is 12.1 Å². The monoisotopic (exact) mass is 429 g/mol. The number of non-ortho nitro benzene ring substituents is 1. The Labute approximate surface area is 173 Å². The van der Waals surface area contributed by atoms with Gasteiger partial charge in [-0.25, -0.2) is 0 Å². The molecule has 0 saturated heterocycles. The lowest BCUT2D eigenvalue weighted by Gasteiger charge is -2.08. The van der Waals surface area contributed by atoms with Gasteiger partial charge >= 0.3 is 11.8 Å². The van der Waals surface area contributed by atoms with Crippen molar-refractivity contribution >= 4 is 51.6 Å². The molecule has 0 bridgehead atoms. The van der Waals surface area contributed by atoms with Crippen LogP contribution >= 0.6 is 22.7 Å². The number of carbonyl (C=O) groups is 3. The van der Waals surface area contributed by atoms with Crippen LogP contribution in [0.15, 0.2) is 47.8 Å². The van der Waals surface area contributed by atoms with Crippen molar-refractivity contribution in [2.45, 2.75) is 13.5 Å². The Morgan fingerprint density at radius 1 is 1.07 bits per heavy atom. The van der Waals surface area contributed by atoms with Crippen LogP contribution in [0.2, 0.25) is 0 Å². The molecule has 2 amide bonds. The molecule has 0 fully saturated rings. The summed E-state index contributed by atoms with van der Waals surface area (Å²) in [6.45, 7) is 1.75. The molecule has 0 aliphatic carbocycles. The zero-order valence-electron chi connectivity index (χ0n) is 15.1. The van der Waals surface area contributed by atoms with Crippen LogP contribution in [0.5, 0.6) is 0 Å². The number of rotatable bonds is 6.